The molecular weight excluding hydrogens is 216 g/mol. The molecule has 1 aliphatic rings. The minimum absolute atomic E-state index is 0.178. The van der Waals surface area contributed by atoms with E-state index in [2.05, 4.69) is 34.0 Å². The molecule has 1 aromatic rings. The van der Waals surface area contributed by atoms with Crippen LogP contribution in [-0.2, 0) is 11.3 Å². The number of nitrogens with zero attached hydrogens (tertiary/aromatic N) is 2. The van der Waals surface area contributed by atoms with Gasteiger partial charge in [-0.3, -0.25) is 9.69 Å². The van der Waals surface area contributed by atoms with Crippen molar-refractivity contribution in [2.75, 3.05) is 6.54 Å². The highest BCUT2D eigenvalue weighted by molar-refractivity contribution is 5.78. The predicted octanol–water partition coefficient (Wildman–Crippen LogP) is 0.899. The van der Waals surface area contributed by atoms with Gasteiger partial charge in [0.1, 0.15) is 5.82 Å². The van der Waals surface area contributed by atoms with E-state index in [1.54, 1.807) is 6.20 Å². The third-order valence-corrected chi connectivity index (χ3v) is 3.18. The molecule has 1 atom stereocenters. The maximum absolute atomic E-state index is 11.2. The van der Waals surface area contributed by atoms with Crippen LogP contribution in [0.5, 0.6) is 0 Å². The predicted molar refractivity (Wildman–Crippen MR) is 65.3 cm³/mol. The summed E-state index contributed by atoms with van der Waals surface area (Å²) < 4.78 is 0. The van der Waals surface area contributed by atoms with Gasteiger partial charge in [0.2, 0.25) is 5.91 Å². The van der Waals surface area contributed by atoms with Gasteiger partial charge in [-0.05, 0) is 20.3 Å². The zero-order valence-corrected chi connectivity index (χ0v) is 10.4. The van der Waals surface area contributed by atoms with Crippen molar-refractivity contribution in [3.63, 3.8) is 0 Å². The Bertz CT molecular complexity index is 361. The summed E-state index contributed by atoms with van der Waals surface area (Å²) in [5.74, 6) is 1.15. The number of imidazole rings is 1. The lowest BCUT2D eigenvalue weighted by molar-refractivity contribution is -0.119. The van der Waals surface area contributed by atoms with E-state index in [4.69, 9.17) is 0 Å². The highest BCUT2D eigenvalue weighted by Crippen LogP contribution is 2.12. The molecule has 0 aromatic carbocycles. The van der Waals surface area contributed by atoms with Gasteiger partial charge in [-0.25, -0.2) is 4.98 Å². The molecule has 0 bridgehead atoms. The second-order valence-corrected chi connectivity index (χ2v) is 4.86. The number of amides is 1. The first-order chi connectivity index (χ1) is 8.15. The summed E-state index contributed by atoms with van der Waals surface area (Å²) in [4.78, 5) is 20.9. The van der Waals surface area contributed by atoms with E-state index < -0.39 is 0 Å². The van der Waals surface area contributed by atoms with Gasteiger partial charge < -0.3 is 10.3 Å². The van der Waals surface area contributed by atoms with Crippen LogP contribution < -0.4 is 5.32 Å². The molecular formula is C12H20N4O. The number of rotatable bonds is 5. The van der Waals surface area contributed by atoms with Crippen molar-refractivity contribution < 1.29 is 4.79 Å². The first kappa shape index (κ1) is 12.1. The maximum Gasteiger partial charge on any atom is 0.220 e. The van der Waals surface area contributed by atoms with Gasteiger partial charge in [-0.1, -0.05) is 0 Å². The topological polar surface area (TPSA) is 61.0 Å². The number of aromatic nitrogens is 2. The summed E-state index contributed by atoms with van der Waals surface area (Å²) >= 11 is 0. The molecule has 0 aliphatic carbocycles. The van der Waals surface area contributed by atoms with E-state index in [1.165, 1.54) is 0 Å². The van der Waals surface area contributed by atoms with Crippen LogP contribution in [0.3, 0.4) is 0 Å². The molecule has 5 nitrogen and oxygen atoms in total. The Kier molecular flexibility index (Phi) is 3.78. The minimum Gasteiger partial charge on any atom is -0.352 e. The van der Waals surface area contributed by atoms with E-state index in [1.807, 2.05) is 6.20 Å². The number of hydrogen-bond acceptors (Lipinski definition) is 3. The van der Waals surface area contributed by atoms with Gasteiger partial charge in [0.15, 0.2) is 0 Å². The average Bonchev–Trinajstić information content (AvgIpc) is 2.89. The molecule has 1 fully saturated rings. The Labute approximate surface area is 102 Å². The molecule has 1 saturated heterocycles. The smallest absolute Gasteiger partial charge is 0.220 e. The summed E-state index contributed by atoms with van der Waals surface area (Å²) in [5.41, 5.74) is 0. The molecule has 5 heteroatoms. The van der Waals surface area contributed by atoms with Crippen LogP contribution in [0.1, 0.15) is 32.5 Å². The number of aromatic amines is 1. The third kappa shape index (κ3) is 3.30. The van der Waals surface area contributed by atoms with Crippen molar-refractivity contribution in [2.24, 2.45) is 0 Å². The molecule has 0 saturated carbocycles. The molecule has 1 aliphatic heterocycles. The van der Waals surface area contributed by atoms with Crippen molar-refractivity contribution in [3.8, 4) is 0 Å². The van der Waals surface area contributed by atoms with E-state index in [-0.39, 0.29) is 5.91 Å². The Morgan fingerprint density at radius 1 is 1.59 bits per heavy atom. The van der Waals surface area contributed by atoms with Crippen LogP contribution in [0.25, 0.3) is 0 Å². The van der Waals surface area contributed by atoms with Crippen LogP contribution in [0.2, 0.25) is 0 Å². The van der Waals surface area contributed by atoms with Crippen molar-refractivity contribution in [1.29, 1.82) is 0 Å². The number of carbonyl (C=O) groups is 1. The number of H-pyrrole nitrogens is 1. The zero-order valence-electron chi connectivity index (χ0n) is 10.4. The lowest BCUT2D eigenvalue weighted by atomic mass is 10.2. The molecule has 0 spiro atoms. The molecule has 1 amide bonds. The fourth-order valence-corrected chi connectivity index (χ4v) is 2.13. The monoisotopic (exact) mass is 236 g/mol. The number of hydrogen-bond donors (Lipinski definition) is 2. The van der Waals surface area contributed by atoms with E-state index >= 15 is 0 Å². The molecule has 2 rings (SSSR count). The van der Waals surface area contributed by atoms with Crippen LogP contribution >= 0.6 is 0 Å². The fraction of sp³-hybridized carbons (Fsp3) is 0.667. The van der Waals surface area contributed by atoms with E-state index in [0.717, 1.165) is 25.3 Å². The second-order valence-electron chi connectivity index (χ2n) is 4.86. The molecule has 2 heterocycles. The minimum atomic E-state index is 0.178. The summed E-state index contributed by atoms with van der Waals surface area (Å²) in [6.07, 6.45) is 5.22. The van der Waals surface area contributed by atoms with Gasteiger partial charge in [-0.2, -0.15) is 0 Å². The molecule has 94 valence electrons. The lowest BCUT2D eigenvalue weighted by Gasteiger charge is -2.28. The second kappa shape index (κ2) is 5.31. The zero-order chi connectivity index (χ0) is 12.3. The van der Waals surface area contributed by atoms with Crippen molar-refractivity contribution in [1.82, 2.24) is 20.2 Å². The lowest BCUT2D eigenvalue weighted by Crippen LogP contribution is -2.41. The van der Waals surface area contributed by atoms with Crippen molar-refractivity contribution in [2.45, 2.75) is 45.3 Å². The normalized spacial score (nSPS) is 20.2. The first-order valence-corrected chi connectivity index (χ1v) is 6.17. The van der Waals surface area contributed by atoms with E-state index in [9.17, 15) is 4.79 Å². The third-order valence-electron chi connectivity index (χ3n) is 3.18. The maximum atomic E-state index is 11.2. The van der Waals surface area contributed by atoms with E-state index in [0.29, 0.717) is 18.5 Å². The summed E-state index contributed by atoms with van der Waals surface area (Å²) in [6, 6.07) is 0.734. The number of carbonyl (C=O) groups excluding carboxylic acids is 1. The van der Waals surface area contributed by atoms with Gasteiger partial charge in [0.05, 0.1) is 6.54 Å². The van der Waals surface area contributed by atoms with Gasteiger partial charge >= 0.3 is 0 Å². The van der Waals surface area contributed by atoms with Crippen molar-refractivity contribution >= 4 is 5.91 Å². The van der Waals surface area contributed by atoms with Crippen LogP contribution in [0, 0.1) is 0 Å². The number of nitrogens with one attached hydrogen (secondary N) is 2. The summed E-state index contributed by atoms with van der Waals surface area (Å²) in [5, 5.41) is 3.01. The Morgan fingerprint density at radius 3 is 2.94 bits per heavy atom. The SMILES string of the molecule is CC(C)N(Cc1ncc[nH]1)C[C@H]1CCC(=O)N1. The first-order valence-electron chi connectivity index (χ1n) is 6.17. The molecule has 0 radical (unpaired) electrons. The standard InChI is InChI=1S/C12H20N4O/c1-9(2)16(8-11-13-5-6-14-11)7-10-3-4-12(17)15-10/h5-6,9-10H,3-4,7-8H2,1-2H3,(H,13,14)(H,15,17)/t10-/m1/s1. The summed E-state index contributed by atoms with van der Waals surface area (Å²) in [7, 11) is 0. The largest absolute Gasteiger partial charge is 0.352 e. The van der Waals surface area contributed by atoms with Crippen molar-refractivity contribution in [3.05, 3.63) is 18.2 Å². The highest BCUT2D eigenvalue weighted by Gasteiger charge is 2.24. The van der Waals surface area contributed by atoms with Gasteiger partial charge in [0, 0.05) is 37.4 Å². The molecule has 17 heavy (non-hydrogen) atoms. The highest BCUT2D eigenvalue weighted by atomic mass is 16.1. The Morgan fingerprint density at radius 2 is 2.41 bits per heavy atom. The van der Waals surface area contributed by atoms with Crippen LogP contribution in [0.4, 0.5) is 0 Å². The fourth-order valence-electron chi connectivity index (χ4n) is 2.13. The quantitative estimate of drug-likeness (QED) is 0.798. The summed E-state index contributed by atoms with van der Waals surface area (Å²) in [6.45, 7) is 6.03. The van der Waals surface area contributed by atoms with Crippen LogP contribution in [0.15, 0.2) is 12.4 Å². The average molecular weight is 236 g/mol. The Hall–Kier alpha value is -1.36. The van der Waals surface area contributed by atoms with Gasteiger partial charge in [0.25, 0.3) is 0 Å². The molecule has 0 unspecified atom stereocenters. The van der Waals surface area contributed by atoms with Gasteiger partial charge in [-0.15, -0.1) is 0 Å². The molecule has 1 aromatic heterocycles. The Balaban J connectivity index is 1.91. The molecule has 2 N–H and O–H groups in total. The van der Waals surface area contributed by atoms with Crippen LogP contribution in [-0.4, -0.2) is 39.4 Å².